The zero-order chi connectivity index (χ0) is 8.67. The lowest BCUT2D eigenvalue weighted by atomic mass is 10.2. The first-order valence-electron chi connectivity index (χ1n) is 3.89. The van der Waals surface area contributed by atoms with E-state index in [4.69, 9.17) is 0 Å². The van der Waals surface area contributed by atoms with Gasteiger partial charge in [0.05, 0.1) is 10.9 Å². The van der Waals surface area contributed by atoms with Crippen molar-refractivity contribution < 1.29 is 0 Å². The normalized spacial score (nSPS) is 11.1. The molecule has 0 bridgehead atoms. The van der Waals surface area contributed by atoms with Gasteiger partial charge < -0.3 is 0 Å². The lowest BCUT2D eigenvalue weighted by Crippen LogP contribution is -1.75. The average Bonchev–Trinajstić information content (AvgIpc) is 2.56. The maximum Gasteiger partial charge on any atom is 0.147 e. The molecule has 0 atom stereocenters. The predicted molar refractivity (Wildman–Crippen MR) is 52.7 cm³/mol. The number of hydrogen-bond acceptors (Lipinski definition) is 4. The summed E-state index contributed by atoms with van der Waals surface area (Å²) in [5.74, 6) is 0. The van der Waals surface area contributed by atoms with Gasteiger partial charge in [-0.15, -0.1) is 16.4 Å². The van der Waals surface area contributed by atoms with Gasteiger partial charge in [0.1, 0.15) is 4.83 Å². The van der Waals surface area contributed by atoms with E-state index >= 15 is 0 Å². The SMILES string of the molecule is c1cc2c(cn1)sc1nnccc12. The number of pyridine rings is 1. The highest BCUT2D eigenvalue weighted by Crippen LogP contribution is 2.30. The molecule has 0 spiro atoms. The molecular weight excluding hydrogens is 182 g/mol. The molecule has 0 saturated carbocycles. The van der Waals surface area contributed by atoms with Gasteiger partial charge in [-0.1, -0.05) is 0 Å². The molecule has 4 heteroatoms. The quantitative estimate of drug-likeness (QED) is 0.541. The van der Waals surface area contributed by atoms with Crippen LogP contribution in [0.25, 0.3) is 20.3 Å². The van der Waals surface area contributed by atoms with Crippen LogP contribution in [0.5, 0.6) is 0 Å². The molecule has 3 rings (SSSR count). The van der Waals surface area contributed by atoms with E-state index in [0.717, 1.165) is 14.9 Å². The van der Waals surface area contributed by atoms with Gasteiger partial charge in [0, 0.05) is 23.2 Å². The fraction of sp³-hybridized carbons (Fsp3) is 0. The lowest BCUT2D eigenvalue weighted by Gasteiger charge is -1.86. The minimum atomic E-state index is 0.977. The van der Waals surface area contributed by atoms with Crippen LogP contribution in [-0.2, 0) is 0 Å². The molecule has 62 valence electrons. The van der Waals surface area contributed by atoms with E-state index in [9.17, 15) is 0 Å². The first-order valence-corrected chi connectivity index (χ1v) is 4.71. The maximum atomic E-state index is 4.07. The van der Waals surface area contributed by atoms with Crippen molar-refractivity contribution in [1.29, 1.82) is 0 Å². The van der Waals surface area contributed by atoms with Gasteiger partial charge in [-0.05, 0) is 12.1 Å². The maximum absolute atomic E-state index is 4.07. The third-order valence-corrected chi connectivity index (χ3v) is 3.01. The summed E-state index contributed by atoms with van der Waals surface area (Å²) in [6.45, 7) is 0. The van der Waals surface area contributed by atoms with Crippen LogP contribution in [-0.4, -0.2) is 15.2 Å². The van der Waals surface area contributed by atoms with Crippen molar-refractivity contribution in [3.63, 3.8) is 0 Å². The van der Waals surface area contributed by atoms with E-state index in [1.54, 1.807) is 23.7 Å². The van der Waals surface area contributed by atoms with Crippen molar-refractivity contribution in [3.8, 4) is 0 Å². The first kappa shape index (κ1) is 6.91. The van der Waals surface area contributed by atoms with Crippen LogP contribution in [0.1, 0.15) is 0 Å². The Labute approximate surface area is 78.1 Å². The van der Waals surface area contributed by atoms with Gasteiger partial charge in [0.15, 0.2) is 0 Å². The third-order valence-electron chi connectivity index (χ3n) is 1.97. The molecule has 3 heterocycles. The summed E-state index contributed by atoms with van der Waals surface area (Å²) in [6.07, 6.45) is 5.38. The van der Waals surface area contributed by atoms with E-state index < -0.39 is 0 Å². The second kappa shape index (κ2) is 2.47. The van der Waals surface area contributed by atoms with Gasteiger partial charge in [0.2, 0.25) is 0 Å². The molecule has 0 amide bonds. The Morgan fingerprint density at radius 2 is 2.00 bits per heavy atom. The molecule has 3 aromatic heterocycles. The summed E-state index contributed by atoms with van der Waals surface area (Å²) in [5, 5.41) is 10.3. The Hall–Kier alpha value is -1.55. The molecule has 0 aliphatic rings. The van der Waals surface area contributed by atoms with E-state index in [0.29, 0.717) is 0 Å². The molecule has 0 unspecified atom stereocenters. The minimum Gasteiger partial charge on any atom is -0.263 e. The minimum absolute atomic E-state index is 0.977. The van der Waals surface area contributed by atoms with Crippen LogP contribution in [0.15, 0.2) is 30.7 Å². The zero-order valence-electron chi connectivity index (χ0n) is 6.64. The van der Waals surface area contributed by atoms with Crippen LogP contribution in [0.4, 0.5) is 0 Å². The molecule has 0 fully saturated rings. The molecule has 3 nitrogen and oxygen atoms in total. The number of aromatic nitrogens is 3. The van der Waals surface area contributed by atoms with E-state index in [1.165, 1.54) is 5.39 Å². The Morgan fingerprint density at radius 1 is 1.08 bits per heavy atom. The smallest absolute Gasteiger partial charge is 0.147 e. The molecule has 0 aromatic carbocycles. The van der Waals surface area contributed by atoms with Crippen molar-refractivity contribution in [2.75, 3.05) is 0 Å². The highest BCUT2D eigenvalue weighted by atomic mass is 32.1. The van der Waals surface area contributed by atoms with Crippen molar-refractivity contribution in [1.82, 2.24) is 15.2 Å². The second-order valence-corrected chi connectivity index (χ2v) is 3.75. The number of hydrogen-bond donors (Lipinski definition) is 0. The summed E-state index contributed by atoms with van der Waals surface area (Å²) >= 11 is 1.63. The number of fused-ring (bicyclic) bond motifs is 3. The summed E-state index contributed by atoms with van der Waals surface area (Å²) in [5.41, 5.74) is 0. The largest absolute Gasteiger partial charge is 0.263 e. The topological polar surface area (TPSA) is 38.7 Å². The first-order chi connectivity index (χ1) is 6.45. The molecule has 0 aliphatic carbocycles. The molecule has 0 radical (unpaired) electrons. The number of thiophene rings is 1. The van der Waals surface area contributed by atoms with Gasteiger partial charge in [-0.3, -0.25) is 4.98 Å². The lowest BCUT2D eigenvalue weighted by molar-refractivity contribution is 1.09. The van der Waals surface area contributed by atoms with Crippen molar-refractivity contribution in [2.24, 2.45) is 0 Å². The summed E-state index contributed by atoms with van der Waals surface area (Å²) in [6, 6.07) is 4.00. The summed E-state index contributed by atoms with van der Waals surface area (Å²) in [4.78, 5) is 5.05. The van der Waals surface area contributed by atoms with Gasteiger partial charge in [-0.25, -0.2) is 0 Å². The van der Waals surface area contributed by atoms with Crippen molar-refractivity contribution in [3.05, 3.63) is 30.7 Å². The van der Waals surface area contributed by atoms with Crippen LogP contribution >= 0.6 is 11.3 Å². The number of nitrogens with zero attached hydrogens (tertiary/aromatic N) is 3. The second-order valence-electron chi connectivity index (χ2n) is 2.72. The van der Waals surface area contributed by atoms with Crippen LogP contribution in [0, 0.1) is 0 Å². The molecule has 0 N–H and O–H groups in total. The van der Waals surface area contributed by atoms with E-state index in [2.05, 4.69) is 15.2 Å². The monoisotopic (exact) mass is 187 g/mol. The highest BCUT2D eigenvalue weighted by Gasteiger charge is 2.03. The zero-order valence-corrected chi connectivity index (χ0v) is 7.45. The number of rotatable bonds is 0. The summed E-state index contributed by atoms with van der Waals surface area (Å²) in [7, 11) is 0. The predicted octanol–water partition coefficient (Wildman–Crippen LogP) is 2.24. The van der Waals surface area contributed by atoms with Crippen molar-refractivity contribution >= 4 is 31.6 Å². The van der Waals surface area contributed by atoms with Crippen LogP contribution < -0.4 is 0 Å². The molecule has 0 aliphatic heterocycles. The molecule has 3 aromatic rings. The van der Waals surface area contributed by atoms with E-state index in [-0.39, 0.29) is 0 Å². The van der Waals surface area contributed by atoms with Crippen LogP contribution in [0.3, 0.4) is 0 Å². The molecular formula is C9H5N3S. The molecule has 13 heavy (non-hydrogen) atoms. The van der Waals surface area contributed by atoms with Gasteiger partial charge >= 0.3 is 0 Å². The summed E-state index contributed by atoms with van der Waals surface area (Å²) < 4.78 is 1.16. The van der Waals surface area contributed by atoms with Crippen molar-refractivity contribution in [2.45, 2.75) is 0 Å². The fourth-order valence-electron chi connectivity index (χ4n) is 1.39. The Balaban J connectivity index is 2.64. The Bertz CT molecular complexity index is 523. The molecule has 0 saturated heterocycles. The third kappa shape index (κ3) is 0.922. The van der Waals surface area contributed by atoms with E-state index in [1.807, 2.05) is 18.3 Å². The standard InChI is InChI=1S/C9H5N3S/c1-3-10-5-8-6(1)7-2-4-11-12-9(7)13-8/h1-5H. The Morgan fingerprint density at radius 3 is 3.00 bits per heavy atom. The highest BCUT2D eigenvalue weighted by molar-refractivity contribution is 7.25. The van der Waals surface area contributed by atoms with Gasteiger partial charge in [0.25, 0.3) is 0 Å². The Kier molecular flexibility index (Phi) is 1.31. The van der Waals surface area contributed by atoms with Gasteiger partial charge in [-0.2, -0.15) is 5.10 Å². The fourth-order valence-corrected chi connectivity index (χ4v) is 2.37. The van der Waals surface area contributed by atoms with Crippen LogP contribution in [0.2, 0.25) is 0 Å². The average molecular weight is 187 g/mol.